The van der Waals surface area contributed by atoms with Gasteiger partial charge in [-0.3, -0.25) is 14.9 Å². The lowest BCUT2D eigenvalue weighted by Gasteiger charge is -2.30. The Hall–Kier alpha value is -2.83. The maximum Gasteiger partial charge on any atom is 0.269 e. The summed E-state index contributed by atoms with van der Waals surface area (Å²) in [6, 6.07) is 9.00. The van der Waals surface area contributed by atoms with Crippen LogP contribution in [0.5, 0.6) is 0 Å². The van der Waals surface area contributed by atoms with Crippen LogP contribution in [0.4, 0.5) is 14.5 Å². The predicted octanol–water partition coefficient (Wildman–Crippen LogP) is 4.11. The molecule has 1 aliphatic carbocycles. The molecular weight excluding hydrogens is 342 g/mol. The Labute approximate surface area is 149 Å². The first-order valence-corrected chi connectivity index (χ1v) is 8.40. The second-order valence-electron chi connectivity index (χ2n) is 6.57. The lowest BCUT2D eigenvalue weighted by molar-refractivity contribution is -0.384. The zero-order valence-electron chi connectivity index (χ0n) is 14.0. The van der Waals surface area contributed by atoms with E-state index in [4.69, 9.17) is 0 Å². The molecule has 0 aliphatic heterocycles. The van der Waals surface area contributed by atoms with Crippen LogP contribution in [0.1, 0.15) is 41.6 Å². The molecule has 2 aromatic rings. The molecule has 0 heterocycles. The van der Waals surface area contributed by atoms with Crippen LogP contribution in [0.15, 0.2) is 42.5 Å². The standard InChI is InChI=1S/C19H18F2N2O3/c20-15-4-3-5-16(21)17(15)19(10-1-2-11-19)12-22-18(24)13-6-8-14(9-7-13)23(25)26/h3-9H,1-2,10-12H2,(H,22,24). The van der Waals surface area contributed by atoms with E-state index in [1.54, 1.807) is 0 Å². The zero-order chi connectivity index (χ0) is 18.7. The fourth-order valence-electron chi connectivity index (χ4n) is 3.66. The summed E-state index contributed by atoms with van der Waals surface area (Å²) in [6.07, 6.45) is 2.85. The van der Waals surface area contributed by atoms with E-state index in [0.717, 1.165) is 12.8 Å². The van der Waals surface area contributed by atoms with E-state index in [1.165, 1.54) is 42.5 Å². The van der Waals surface area contributed by atoms with Crippen LogP contribution in [-0.2, 0) is 5.41 Å². The number of carbonyl (C=O) groups is 1. The third kappa shape index (κ3) is 3.42. The minimum Gasteiger partial charge on any atom is -0.351 e. The predicted molar refractivity (Wildman–Crippen MR) is 91.9 cm³/mol. The molecule has 1 N–H and O–H groups in total. The third-order valence-electron chi connectivity index (χ3n) is 4.98. The fraction of sp³-hybridized carbons (Fsp3) is 0.316. The van der Waals surface area contributed by atoms with Crippen LogP contribution in [0.3, 0.4) is 0 Å². The molecule has 0 spiro atoms. The Morgan fingerprint density at radius 2 is 1.65 bits per heavy atom. The molecule has 0 aromatic heterocycles. The first kappa shape index (κ1) is 18.0. The van der Waals surface area contributed by atoms with Crippen molar-refractivity contribution in [3.63, 3.8) is 0 Å². The molecule has 3 rings (SSSR count). The van der Waals surface area contributed by atoms with E-state index in [-0.39, 0.29) is 23.4 Å². The molecular formula is C19H18F2N2O3. The maximum absolute atomic E-state index is 14.3. The second-order valence-corrected chi connectivity index (χ2v) is 6.57. The summed E-state index contributed by atoms with van der Waals surface area (Å²) < 4.78 is 28.6. The third-order valence-corrected chi connectivity index (χ3v) is 4.98. The number of nitro benzene ring substituents is 1. The van der Waals surface area contributed by atoms with Crippen LogP contribution in [0, 0.1) is 21.7 Å². The van der Waals surface area contributed by atoms with E-state index >= 15 is 0 Å². The van der Waals surface area contributed by atoms with E-state index in [2.05, 4.69) is 5.32 Å². The van der Waals surface area contributed by atoms with Gasteiger partial charge in [-0.15, -0.1) is 0 Å². The number of nitrogens with zero attached hydrogens (tertiary/aromatic N) is 1. The summed E-state index contributed by atoms with van der Waals surface area (Å²) in [5.74, 6) is -1.63. The SMILES string of the molecule is O=C(NCC1(c2c(F)cccc2F)CCCC1)c1ccc([N+](=O)[O-])cc1. The Morgan fingerprint density at radius 3 is 2.19 bits per heavy atom. The largest absolute Gasteiger partial charge is 0.351 e. The van der Waals surface area contributed by atoms with Gasteiger partial charge in [0.05, 0.1) is 4.92 Å². The number of carbonyl (C=O) groups excluding carboxylic acids is 1. The monoisotopic (exact) mass is 360 g/mol. The summed E-state index contributed by atoms with van der Waals surface area (Å²) in [6.45, 7) is 0.112. The molecule has 2 aromatic carbocycles. The molecule has 0 saturated heterocycles. The van der Waals surface area contributed by atoms with Gasteiger partial charge in [-0.25, -0.2) is 8.78 Å². The lowest BCUT2D eigenvalue weighted by Crippen LogP contribution is -2.40. The number of hydrogen-bond donors (Lipinski definition) is 1. The van der Waals surface area contributed by atoms with Crippen LogP contribution < -0.4 is 5.32 Å². The van der Waals surface area contributed by atoms with E-state index < -0.39 is 27.9 Å². The number of halogens is 2. The quantitative estimate of drug-likeness (QED) is 0.644. The van der Waals surface area contributed by atoms with Crippen molar-refractivity contribution in [1.82, 2.24) is 5.32 Å². The van der Waals surface area contributed by atoms with Crippen molar-refractivity contribution in [2.24, 2.45) is 0 Å². The molecule has 0 bridgehead atoms. The van der Waals surface area contributed by atoms with E-state index in [1.807, 2.05) is 0 Å². The Kier molecular flexibility index (Phi) is 4.97. The Balaban J connectivity index is 1.79. The normalized spacial score (nSPS) is 15.6. The first-order valence-electron chi connectivity index (χ1n) is 8.40. The molecule has 7 heteroatoms. The minimum absolute atomic E-state index is 0.0292. The molecule has 0 unspecified atom stereocenters. The summed E-state index contributed by atoms with van der Waals surface area (Å²) >= 11 is 0. The molecule has 1 saturated carbocycles. The highest BCUT2D eigenvalue weighted by atomic mass is 19.1. The summed E-state index contributed by atoms with van der Waals surface area (Å²) in [4.78, 5) is 22.5. The van der Waals surface area contributed by atoms with Crippen molar-refractivity contribution >= 4 is 11.6 Å². The van der Waals surface area contributed by atoms with Crippen LogP contribution in [0.2, 0.25) is 0 Å². The van der Waals surface area contributed by atoms with Crippen molar-refractivity contribution in [3.05, 3.63) is 75.3 Å². The van der Waals surface area contributed by atoms with Crippen molar-refractivity contribution < 1.29 is 18.5 Å². The zero-order valence-corrected chi connectivity index (χ0v) is 14.0. The van der Waals surface area contributed by atoms with Gasteiger partial charge in [-0.2, -0.15) is 0 Å². The Morgan fingerprint density at radius 1 is 1.08 bits per heavy atom. The van der Waals surface area contributed by atoms with Gasteiger partial charge in [-0.05, 0) is 37.1 Å². The molecule has 0 atom stereocenters. The van der Waals surface area contributed by atoms with Gasteiger partial charge in [0, 0.05) is 35.2 Å². The minimum atomic E-state index is -0.772. The van der Waals surface area contributed by atoms with Crippen LogP contribution in [-0.4, -0.2) is 17.4 Å². The van der Waals surface area contributed by atoms with E-state index in [0.29, 0.717) is 12.8 Å². The molecule has 1 amide bonds. The summed E-state index contributed by atoms with van der Waals surface area (Å²) in [5, 5.41) is 13.4. The van der Waals surface area contributed by atoms with Gasteiger partial charge in [0.15, 0.2) is 0 Å². The number of benzene rings is 2. The highest BCUT2D eigenvalue weighted by Gasteiger charge is 2.40. The van der Waals surface area contributed by atoms with Gasteiger partial charge in [0.2, 0.25) is 0 Å². The summed E-state index contributed by atoms with van der Waals surface area (Å²) in [5.41, 5.74) is -0.590. The first-order chi connectivity index (χ1) is 12.4. The van der Waals surface area contributed by atoms with Crippen LogP contribution >= 0.6 is 0 Å². The van der Waals surface area contributed by atoms with Gasteiger partial charge in [0.1, 0.15) is 11.6 Å². The highest BCUT2D eigenvalue weighted by Crippen LogP contribution is 2.42. The van der Waals surface area contributed by atoms with E-state index in [9.17, 15) is 23.7 Å². The molecule has 26 heavy (non-hydrogen) atoms. The lowest BCUT2D eigenvalue weighted by atomic mass is 9.78. The number of rotatable bonds is 5. The average Bonchev–Trinajstić information content (AvgIpc) is 3.09. The maximum atomic E-state index is 14.3. The molecule has 136 valence electrons. The molecule has 1 aliphatic rings. The van der Waals surface area contributed by atoms with Crippen molar-refractivity contribution in [2.75, 3.05) is 6.54 Å². The Bertz CT molecular complexity index is 811. The topological polar surface area (TPSA) is 72.2 Å². The smallest absolute Gasteiger partial charge is 0.269 e. The number of nitrogens with one attached hydrogen (secondary N) is 1. The number of nitro groups is 1. The fourth-order valence-corrected chi connectivity index (χ4v) is 3.66. The van der Waals surface area contributed by atoms with Crippen molar-refractivity contribution in [3.8, 4) is 0 Å². The van der Waals surface area contributed by atoms with Gasteiger partial charge >= 0.3 is 0 Å². The number of hydrogen-bond acceptors (Lipinski definition) is 3. The van der Waals surface area contributed by atoms with Crippen LogP contribution in [0.25, 0.3) is 0 Å². The molecule has 0 radical (unpaired) electrons. The molecule has 5 nitrogen and oxygen atoms in total. The second kappa shape index (κ2) is 7.19. The summed E-state index contributed by atoms with van der Waals surface area (Å²) in [7, 11) is 0. The highest BCUT2D eigenvalue weighted by molar-refractivity contribution is 5.94. The molecule has 1 fully saturated rings. The number of non-ortho nitro benzene ring substituents is 1. The average molecular weight is 360 g/mol. The van der Waals surface area contributed by atoms with Crippen molar-refractivity contribution in [2.45, 2.75) is 31.1 Å². The number of amides is 1. The van der Waals surface area contributed by atoms with Gasteiger partial charge in [-0.1, -0.05) is 18.9 Å². The van der Waals surface area contributed by atoms with Crippen molar-refractivity contribution in [1.29, 1.82) is 0 Å². The van der Waals surface area contributed by atoms with Gasteiger partial charge in [0.25, 0.3) is 11.6 Å². The van der Waals surface area contributed by atoms with Gasteiger partial charge < -0.3 is 5.32 Å².